The van der Waals surface area contributed by atoms with Crippen LogP contribution in [0.5, 0.6) is 0 Å². The molecule has 2 unspecified atom stereocenters. The third-order valence-electron chi connectivity index (χ3n) is 4.00. The van der Waals surface area contributed by atoms with E-state index in [1.54, 1.807) is 12.1 Å². The Bertz CT molecular complexity index is 463. The minimum atomic E-state index is -0.404. The molecule has 0 heterocycles. The predicted molar refractivity (Wildman–Crippen MR) is 77.6 cm³/mol. The summed E-state index contributed by atoms with van der Waals surface area (Å²) >= 11 is 3.08. The topological polar surface area (TPSA) is 29.1 Å². The molecule has 0 aromatic heterocycles. The lowest BCUT2D eigenvalue weighted by molar-refractivity contribution is 0.0936. The second-order valence-electron chi connectivity index (χ2n) is 5.36. The van der Waals surface area contributed by atoms with Crippen molar-refractivity contribution in [3.05, 3.63) is 34.1 Å². The van der Waals surface area contributed by atoms with Crippen molar-refractivity contribution < 1.29 is 9.18 Å². The molecule has 1 aliphatic carbocycles. The standard InChI is InChI=1S/C15H19BrFNO/c1-10-4-2-3-5-12(10)9-18-15(19)11-6-7-13(16)14(17)8-11/h6-8,10,12H,2-5,9H2,1H3,(H,18,19). The lowest BCUT2D eigenvalue weighted by Crippen LogP contribution is -2.33. The number of carbonyl (C=O) groups is 1. The van der Waals surface area contributed by atoms with Gasteiger partial charge in [0.2, 0.25) is 0 Å². The molecule has 1 aromatic carbocycles. The summed E-state index contributed by atoms with van der Waals surface area (Å²) in [7, 11) is 0. The van der Waals surface area contributed by atoms with Crippen molar-refractivity contribution >= 4 is 21.8 Å². The Morgan fingerprint density at radius 1 is 1.42 bits per heavy atom. The Hall–Kier alpha value is -0.900. The second-order valence-corrected chi connectivity index (χ2v) is 6.22. The summed E-state index contributed by atoms with van der Waals surface area (Å²) in [6.07, 6.45) is 4.96. The molecule has 1 aliphatic rings. The second kappa shape index (κ2) is 6.51. The van der Waals surface area contributed by atoms with E-state index >= 15 is 0 Å². The predicted octanol–water partition coefficient (Wildman–Crippen LogP) is 4.14. The van der Waals surface area contributed by atoms with Crippen molar-refractivity contribution in [3.8, 4) is 0 Å². The van der Waals surface area contributed by atoms with E-state index in [-0.39, 0.29) is 5.91 Å². The normalized spacial score (nSPS) is 23.1. The quantitative estimate of drug-likeness (QED) is 0.887. The maximum atomic E-state index is 13.4. The molecule has 1 saturated carbocycles. The molecule has 1 aromatic rings. The van der Waals surface area contributed by atoms with E-state index in [1.165, 1.54) is 31.7 Å². The molecule has 1 N–H and O–H groups in total. The van der Waals surface area contributed by atoms with Gasteiger partial charge >= 0.3 is 0 Å². The van der Waals surface area contributed by atoms with E-state index in [1.807, 2.05) is 0 Å². The molecule has 0 aliphatic heterocycles. The van der Waals surface area contributed by atoms with Crippen LogP contribution in [-0.4, -0.2) is 12.5 Å². The number of amides is 1. The molecule has 104 valence electrons. The van der Waals surface area contributed by atoms with E-state index in [9.17, 15) is 9.18 Å². The van der Waals surface area contributed by atoms with Gasteiger partial charge < -0.3 is 5.32 Å². The minimum absolute atomic E-state index is 0.191. The molecule has 19 heavy (non-hydrogen) atoms. The Morgan fingerprint density at radius 3 is 2.84 bits per heavy atom. The van der Waals surface area contributed by atoms with Gasteiger partial charge in [0.15, 0.2) is 0 Å². The van der Waals surface area contributed by atoms with Crippen LogP contribution < -0.4 is 5.32 Å². The molecular weight excluding hydrogens is 309 g/mol. The first-order valence-corrected chi connectivity index (χ1v) is 7.60. The fourth-order valence-corrected chi connectivity index (χ4v) is 2.91. The van der Waals surface area contributed by atoms with Crippen molar-refractivity contribution in [2.75, 3.05) is 6.54 Å². The van der Waals surface area contributed by atoms with Crippen LogP contribution in [0.3, 0.4) is 0 Å². The number of rotatable bonds is 3. The van der Waals surface area contributed by atoms with Crippen LogP contribution in [0.15, 0.2) is 22.7 Å². The number of nitrogens with one attached hydrogen (secondary N) is 1. The highest BCUT2D eigenvalue weighted by atomic mass is 79.9. The average molecular weight is 328 g/mol. The summed E-state index contributed by atoms with van der Waals surface area (Å²) in [4.78, 5) is 12.0. The molecule has 1 amide bonds. The number of benzene rings is 1. The van der Waals surface area contributed by atoms with Crippen molar-refractivity contribution in [2.24, 2.45) is 11.8 Å². The van der Waals surface area contributed by atoms with E-state index in [4.69, 9.17) is 0 Å². The van der Waals surface area contributed by atoms with Crippen molar-refractivity contribution in [1.29, 1.82) is 0 Å². The van der Waals surface area contributed by atoms with Crippen LogP contribution in [0.25, 0.3) is 0 Å². The molecule has 2 nitrogen and oxygen atoms in total. The molecule has 0 radical (unpaired) electrons. The van der Waals surface area contributed by atoms with Gasteiger partial charge in [-0.1, -0.05) is 26.2 Å². The smallest absolute Gasteiger partial charge is 0.251 e. The van der Waals surface area contributed by atoms with Gasteiger partial charge in [0.05, 0.1) is 4.47 Å². The molecule has 2 rings (SSSR count). The number of halogens is 2. The van der Waals surface area contributed by atoms with Crippen molar-refractivity contribution in [1.82, 2.24) is 5.32 Å². The van der Waals surface area contributed by atoms with Gasteiger partial charge in [0.1, 0.15) is 5.82 Å². The monoisotopic (exact) mass is 327 g/mol. The SMILES string of the molecule is CC1CCCCC1CNC(=O)c1ccc(Br)c(F)c1. The van der Waals surface area contributed by atoms with E-state index in [0.717, 1.165) is 0 Å². The zero-order valence-electron chi connectivity index (χ0n) is 11.1. The minimum Gasteiger partial charge on any atom is -0.352 e. The number of hydrogen-bond donors (Lipinski definition) is 1. The summed E-state index contributed by atoms with van der Waals surface area (Å²) in [6.45, 7) is 2.94. The molecule has 2 atom stereocenters. The molecular formula is C15H19BrFNO. The fraction of sp³-hybridized carbons (Fsp3) is 0.533. The summed E-state index contributed by atoms with van der Waals surface area (Å²) in [5.41, 5.74) is 0.379. The summed E-state index contributed by atoms with van der Waals surface area (Å²) in [5, 5.41) is 2.92. The average Bonchev–Trinajstić information content (AvgIpc) is 2.40. The van der Waals surface area contributed by atoms with Crippen molar-refractivity contribution in [2.45, 2.75) is 32.6 Å². The third-order valence-corrected chi connectivity index (χ3v) is 4.64. The van der Waals surface area contributed by atoms with Crippen LogP contribution in [0.2, 0.25) is 0 Å². The van der Waals surface area contributed by atoms with Gasteiger partial charge in [-0.15, -0.1) is 0 Å². The van der Waals surface area contributed by atoms with Crippen LogP contribution in [0.1, 0.15) is 43.0 Å². The van der Waals surface area contributed by atoms with Crippen LogP contribution >= 0.6 is 15.9 Å². The third kappa shape index (κ3) is 3.78. The fourth-order valence-electron chi connectivity index (χ4n) is 2.66. The highest BCUT2D eigenvalue weighted by Crippen LogP contribution is 2.28. The van der Waals surface area contributed by atoms with Gasteiger partial charge in [-0.3, -0.25) is 4.79 Å². The Balaban J connectivity index is 1.91. The lowest BCUT2D eigenvalue weighted by Gasteiger charge is -2.28. The molecule has 1 fully saturated rings. The maximum absolute atomic E-state index is 13.4. The van der Waals surface area contributed by atoms with Gasteiger partial charge in [-0.2, -0.15) is 0 Å². The molecule has 0 bridgehead atoms. The van der Waals surface area contributed by atoms with Gasteiger partial charge in [0, 0.05) is 12.1 Å². The number of hydrogen-bond acceptors (Lipinski definition) is 1. The molecule has 0 spiro atoms. The Morgan fingerprint density at radius 2 is 2.16 bits per heavy atom. The molecule has 0 saturated heterocycles. The largest absolute Gasteiger partial charge is 0.352 e. The zero-order chi connectivity index (χ0) is 13.8. The summed E-state index contributed by atoms with van der Waals surface area (Å²) in [6, 6.07) is 4.46. The zero-order valence-corrected chi connectivity index (χ0v) is 12.7. The molecule has 4 heteroatoms. The first-order valence-electron chi connectivity index (χ1n) is 6.81. The highest BCUT2D eigenvalue weighted by molar-refractivity contribution is 9.10. The van der Waals surface area contributed by atoms with Crippen LogP contribution in [0, 0.1) is 17.7 Å². The Kier molecular flexibility index (Phi) is 4.97. The lowest BCUT2D eigenvalue weighted by atomic mass is 9.80. The van der Waals surface area contributed by atoms with Crippen LogP contribution in [0.4, 0.5) is 4.39 Å². The van der Waals surface area contributed by atoms with Gasteiger partial charge in [0.25, 0.3) is 5.91 Å². The first-order chi connectivity index (χ1) is 9.08. The van der Waals surface area contributed by atoms with Crippen molar-refractivity contribution in [3.63, 3.8) is 0 Å². The van der Waals surface area contributed by atoms with E-state index in [2.05, 4.69) is 28.2 Å². The van der Waals surface area contributed by atoms with Gasteiger partial charge in [-0.05, 0) is 52.4 Å². The first kappa shape index (κ1) is 14.5. The number of carbonyl (C=O) groups excluding carboxylic acids is 1. The van der Waals surface area contributed by atoms with E-state index in [0.29, 0.717) is 28.4 Å². The highest BCUT2D eigenvalue weighted by Gasteiger charge is 2.21. The van der Waals surface area contributed by atoms with E-state index < -0.39 is 5.82 Å². The summed E-state index contributed by atoms with van der Waals surface area (Å²) < 4.78 is 13.7. The Labute approximate surface area is 121 Å². The maximum Gasteiger partial charge on any atom is 0.251 e. The summed E-state index contributed by atoms with van der Waals surface area (Å²) in [5.74, 6) is 0.622. The van der Waals surface area contributed by atoms with Gasteiger partial charge in [-0.25, -0.2) is 4.39 Å². The van der Waals surface area contributed by atoms with Crippen LogP contribution in [-0.2, 0) is 0 Å².